The highest BCUT2D eigenvalue weighted by molar-refractivity contribution is 5.85. The van der Waals surface area contributed by atoms with Crippen LogP contribution in [0.5, 0.6) is 5.75 Å². The Morgan fingerprint density at radius 1 is 0.481 bits per heavy atom. The molecule has 2 aliphatic rings. The Balaban J connectivity index is 0.000000176. The molecule has 0 unspecified atom stereocenters. The van der Waals surface area contributed by atoms with Crippen molar-refractivity contribution in [1.29, 1.82) is 0 Å². The Kier molecular flexibility index (Phi) is 33.7. The number of carboxylic acids is 2. The van der Waals surface area contributed by atoms with E-state index in [0.29, 0.717) is 111 Å². The number of fused-ring (bicyclic) bond motifs is 5. The molecule has 0 amide bonds. The highest BCUT2D eigenvalue weighted by Gasteiger charge is 2.39. The predicted octanol–water partition coefficient (Wildman–Crippen LogP) is 7.46. The van der Waals surface area contributed by atoms with Gasteiger partial charge in [-0.25, -0.2) is 62.5 Å². The Bertz CT molecular complexity index is 6730. The molecule has 0 saturated heterocycles. The molecule has 1 aromatic carbocycles. The number of aliphatic carboxylic acids is 2. The van der Waals surface area contributed by atoms with Gasteiger partial charge in [0.05, 0.1) is 69.8 Å². The summed E-state index contributed by atoms with van der Waals surface area (Å²) < 4.78 is 84.6. The van der Waals surface area contributed by atoms with Crippen molar-refractivity contribution < 1.29 is 55.4 Å². The molecule has 4 atom stereocenters. The number of H-pyrrole nitrogens is 1. The van der Waals surface area contributed by atoms with E-state index in [0.717, 1.165) is 67.5 Å². The van der Waals surface area contributed by atoms with Crippen LogP contribution in [0.25, 0.3) is 89.3 Å². The molecular formula is C85H91ClF6N27O10+. The fourth-order valence-corrected chi connectivity index (χ4v) is 13.2. The molecule has 0 bridgehead atoms. The highest BCUT2D eigenvalue weighted by atomic mass is 35.5. The van der Waals surface area contributed by atoms with Gasteiger partial charge in [0.15, 0.2) is 24.5 Å². The van der Waals surface area contributed by atoms with Crippen molar-refractivity contribution in [2.45, 2.75) is 148 Å². The van der Waals surface area contributed by atoms with Gasteiger partial charge in [0, 0.05) is 119 Å². The number of nitrogens with zero attached hydrogens (tertiary/aromatic N) is 22. The van der Waals surface area contributed by atoms with Gasteiger partial charge in [-0.3, -0.25) is 43.1 Å². The maximum atomic E-state index is 12.6. The zero-order chi connectivity index (χ0) is 92.7. The number of methoxy groups -OCH3 is 1. The third kappa shape index (κ3) is 24.5. The lowest BCUT2D eigenvalue weighted by atomic mass is 9.91. The van der Waals surface area contributed by atoms with E-state index in [9.17, 15) is 50.3 Å². The number of nitrogens with one attached hydrogen (secondary N) is 3. The summed E-state index contributed by atoms with van der Waals surface area (Å²) in [5.74, 6) is 22.2. The molecule has 13 heterocycles. The average molecular weight is 1800 g/mol. The number of rotatable bonds is 14. The van der Waals surface area contributed by atoms with Crippen molar-refractivity contribution in [3.63, 3.8) is 0 Å². The molecule has 2 saturated carbocycles. The third-order valence-corrected chi connectivity index (χ3v) is 19.9. The van der Waals surface area contributed by atoms with Crippen molar-refractivity contribution in [3.8, 4) is 87.3 Å². The second kappa shape index (κ2) is 44.6. The van der Waals surface area contributed by atoms with E-state index in [1.165, 1.54) is 41.8 Å². The van der Waals surface area contributed by atoms with E-state index in [-0.39, 0.29) is 64.4 Å². The topological polar surface area (TPSA) is 464 Å². The van der Waals surface area contributed by atoms with Gasteiger partial charge in [-0.15, -0.1) is 36.1 Å². The van der Waals surface area contributed by atoms with Crippen LogP contribution in [0.15, 0.2) is 153 Å². The van der Waals surface area contributed by atoms with Crippen LogP contribution in [-0.4, -0.2) is 173 Å². The van der Waals surface area contributed by atoms with Crippen molar-refractivity contribution in [2.75, 3.05) is 17.7 Å². The van der Waals surface area contributed by atoms with Crippen molar-refractivity contribution in [1.82, 2.24) is 107 Å². The molecule has 9 N–H and O–H groups in total. The first kappa shape index (κ1) is 97.6. The second-order valence-corrected chi connectivity index (χ2v) is 28.5. The standard InChI is InChI=1S/C23H22N5O2.2C16H22N6O.C15H13N5O.C11H9N5O.2C2HF3O2.ClH/c1-4-5-12-28-21-20(15-24-26(2)23(21)29)25-22(28)18-10-13-27(14-11-18)16-17-6-8-19(30-3)9-7-17;2*1-3-4-9-22-14-13(10-18-21(2)15(14)23)20-16(22)19-12-8-6-5-7-11(12)17;1-3-4-9-20-13-12(10-17-19(2)15(13)21)18-14(20)11-5-7-16-8-6-11;1-16-11(17)9-8(6-13-16)14-10(15-9)7-2-4-12-5-3-7;2*3-2(4,5)1(6)7;/h6-11,13-15H,12,16H2,1-3H3;2*10-12H,5-9,17H2,1-2H3,(H,19,20);5-8,10H,9H2,1-2H3;2-6H,1H3,(H,14,15);2*(H,6,7);1H/q+1;;;;;;;/t;11-,12+;11-,12-;;;;;/m.01...../s1. The number of hydrogen-bond acceptors (Lipinski definition) is 24. The number of aryl methyl sites for hydroxylation is 5. The second-order valence-electron chi connectivity index (χ2n) is 28.5. The molecule has 44 heteroatoms. The Hall–Kier alpha value is -15.2. The summed E-state index contributed by atoms with van der Waals surface area (Å²) in [5.41, 5.74) is 20.8. The van der Waals surface area contributed by atoms with Gasteiger partial charge in [-0.05, 0) is 102 Å². The molecule has 2 fully saturated rings. The average Bonchev–Trinajstić information content (AvgIpc) is 1.65. The normalized spacial score (nSPS) is 14.3. The van der Waals surface area contributed by atoms with Crippen LogP contribution in [0.2, 0.25) is 0 Å². The summed E-state index contributed by atoms with van der Waals surface area (Å²) in [7, 11) is 9.78. The van der Waals surface area contributed by atoms with Gasteiger partial charge in [0.25, 0.3) is 27.8 Å². The highest BCUT2D eigenvalue weighted by Crippen LogP contribution is 2.28. The zero-order valence-electron chi connectivity index (χ0n) is 71.5. The van der Waals surface area contributed by atoms with E-state index in [4.69, 9.17) is 36.0 Å². The van der Waals surface area contributed by atoms with E-state index in [1.54, 1.807) is 126 Å². The molecule has 0 aliphatic heterocycles. The summed E-state index contributed by atoms with van der Waals surface area (Å²) in [6, 6.07) is 19.9. The first-order valence-electron chi connectivity index (χ1n) is 39.5. The molecule has 13 aromatic heterocycles. The number of ether oxygens (including phenoxy) is 1. The zero-order valence-corrected chi connectivity index (χ0v) is 72.3. The Labute approximate surface area is 736 Å². The van der Waals surface area contributed by atoms with E-state index in [1.807, 2.05) is 91.3 Å². The number of halogens is 7. The number of anilines is 2. The number of benzene rings is 1. The fraction of sp³-hybridized carbons (Fsp3) is 0.341. The van der Waals surface area contributed by atoms with Gasteiger partial charge < -0.3 is 51.2 Å². The first-order valence-corrected chi connectivity index (χ1v) is 39.5. The number of aromatic amines is 1. The number of imidazole rings is 5. The molecule has 14 aromatic rings. The maximum Gasteiger partial charge on any atom is 0.490 e. The van der Waals surface area contributed by atoms with Gasteiger partial charge in [0.1, 0.15) is 67.4 Å². The number of pyridine rings is 3. The minimum Gasteiger partial charge on any atom is -0.497 e. The summed E-state index contributed by atoms with van der Waals surface area (Å²) in [6.07, 6.45) is 17.3. The molecule has 2 aliphatic carbocycles. The molecule has 0 radical (unpaired) electrons. The molecule has 37 nitrogen and oxygen atoms in total. The summed E-state index contributed by atoms with van der Waals surface area (Å²) in [4.78, 5) is 113. The summed E-state index contributed by atoms with van der Waals surface area (Å²) >= 11 is 0. The van der Waals surface area contributed by atoms with Crippen LogP contribution in [0, 0.1) is 47.4 Å². The van der Waals surface area contributed by atoms with Crippen LogP contribution in [0.3, 0.4) is 0 Å². The molecular weight excluding hydrogens is 1710 g/mol. The van der Waals surface area contributed by atoms with Gasteiger partial charge in [0.2, 0.25) is 11.9 Å². The van der Waals surface area contributed by atoms with Crippen molar-refractivity contribution in [3.05, 3.63) is 186 Å². The van der Waals surface area contributed by atoms with E-state index >= 15 is 0 Å². The quantitative estimate of drug-likeness (QED) is 0.0315. The molecule has 0 spiro atoms. The summed E-state index contributed by atoms with van der Waals surface area (Å²) in [6.45, 7) is 9.48. The molecule has 674 valence electrons. The Morgan fingerprint density at radius 2 is 0.814 bits per heavy atom. The monoisotopic (exact) mass is 1800 g/mol. The van der Waals surface area contributed by atoms with E-state index in [2.05, 4.69) is 128 Å². The lowest BCUT2D eigenvalue weighted by Gasteiger charge is -2.29. The van der Waals surface area contributed by atoms with E-state index < -0.39 is 24.3 Å². The van der Waals surface area contributed by atoms with Gasteiger partial charge >= 0.3 is 24.3 Å². The van der Waals surface area contributed by atoms with Crippen LogP contribution >= 0.6 is 12.4 Å². The van der Waals surface area contributed by atoms with Crippen LogP contribution < -0.4 is 59.2 Å². The van der Waals surface area contributed by atoms with Crippen LogP contribution in [0.1, 0.15) is 84.6 Å². The fourth-order valence-electron chi connectivity index (χ4n) is 13.2. The van der Waals surface area contributed by atoms with Crippen molar-refractivity contribution in [2.24, 2.45) is 46.7 Å². The third-order valence-electron chi connectivity index (χ3n) is 19.9. The lowest BCUT2D eigenvalue weighted by Crippen LogP contribution is -2.43. The lowest BCUT2D eigenvalue weighted by molar-refractivity contribution is -0.688. The number of aromatic nitrogens is 23. The largest absolute Gasteiger partial charge is 0.497 e. The van der Waals surface area contributed by atoms with Gasteiger partial charge in [-0.1, -0.05) is 49.4 Å². The molecule has 16 rings (SSSR count). The van der Waals surface area contributed by atoms with Crippen molar-refractivity contribution >= 4 is 91.4 Å². The maximum absolute atomic E-state index is 12.6. The van der Waals surface area contributed by atoms with Gasteiger partial charge in [-0.2, -0.15) is 51.8 Å². The summed E-state index contributed by atoms with van der Waals surface area (Å²) in [5, 5.41) is 41.2. The smallest absolute Gasteiger partial charge is 0.490 e. The number of carboxylic acid groups (broad SMARTS) is 2. The number of carbonyl (C=O) groups is 2. The van der Waals surface area contributed by atoms with Crippen LogP contribution in [-0.2, 0) is 77.6 Å². The molecule has 129 heavy (non-hydrogen) atoms. The minimum atomic E-state index is -5.08. The number of nitrogens with two attached hydrogens (primary N) is 2. The first-order chi connectivity index (χ1) is 61.2. The Morgan fingerprint density at radius 3 is 1.18 bits per heavy atom. The van der Waals surface area contributed by atoms with Crippen LogP contribution in [0.4, 0.5) is 38.2 Å². The SMILES string of the molecule is CC#CCn1c(-c2cc[n+](Cc3ccc(OC)cc3)cc2)nc2cnn(C)c(=O)c21.CC#CCn1c(-c2ccncc2)nc2cnn(C)c(=O)c21.CC#CCn1c(N[C@@H]2CCCC[C@@H]2N)nc2cnn(C)c(=O)c21.CC#CCn1c(N[C@@H]2CCCC[C@H]2N)nc2cnn(C)c(=O)c21.Cl.Cn1ncc2[nH]c(-c3ccncc3)nc2c1=O.O=C(O)C(F)(F)F.O=C(O)C(F)(F)F. The number of alkyl halides is 6. The number of hydrogen-bond donors (Lipinski definition) is 7. The predicted molar refractivity (Wildman–Crippen MR) is 471 cm³/mol. The minimum absolute atomic E-state index is 0.